The molecule has 104 valence electrons. The molecule has 0 spiro atoms. The molecule has 3 rings (SSSR count). The third-order valence-electron chi connectivity index (χ3n) is 3.83. The molecule has 0 aliphatic heterocycles. The van der Waals surface area contributed by atoms with E-state index in [9.17, 15) is 0 Å². The van der Waals surface area contributed by atoms with Gasteiger partial charge in [-0.15, -0.1) is 0 Å². The fourth-order valence-electron chi connectivity index (χ4n) is 2.60. The lowest BCUT2D eigenvalue weighted by Gasteiger charge is -2.18. The molecular weight excluding hydrogens is 246 g/mol. The van der Waals surface area contributed by atoms with Crippen molar-refractivity contribution >= 4 is 27.6 Å². The summed E-state index contributed by atoms with van der Waals surface area (Å²) in [5.41, 5.74) is 4.50. The molecule has 0 N–H and O–H groups in total. The van der Waals surface area contributed by atoms with Gasteiger partial charge in [-0.2, -0.15) is 0 Å². The predicted molar refractivity (Wildman–Crippen MR) is 86.7 cm³/mol. The molecule has 20 heavy (non-hydrogen) atoms. The van der Waals surface area contributed by atoms with Gasteiger partial charge in [-0.1, -0.05) is 45.0 Å². The van der Waals surface area contributed by atoms with Crippen molar-refractivity contribution in [1.82, 2.24) is 0 Å². The molecule has 0 aliphatic rings. The van der Waals surface area contributed by atoms with Crippen LogP contribution in [0.5, 0.6) is 0 Å². The van der Waals surface area contributed by atoms with E-state index in [1.165, 1.54) is 16.3 Å². The van der Waals surface area contributed by atoms with Gasteiger partial charge in [0, 0.05) is 24.9 Å². The fraction of sp³-hybridized carbons (Fsp3) is 0.333. The minimum absolute atomic E-state index is 0.136. The smallest absolute Gasteiger partial charge is 0.158 e. The molecule has 0 radical (unpaired) electrons. The topological polar surface area (TPSA) is 16.4 Å². The van der Waals surface area contributed by atoms with Crippen LogP contribution < -0.4 is 4.90 Å². The average Bonchev–Trinajstić information content (AvgIpc) is 2.74. The second-order valence-electron chi connectivity index (χ2n) is 6.61. The summed E-state index contributed by atoms with van der Waals surface area (Å²) in [4.78, 5) is 2.09. The highest BCUT2D eigenvalue weighted by Gasteiger charge is 2.17. The largest absolute Gasteiger partial charge is 0.454 e. The van der Waals surface area contributed by atoms with E-state index in [1.54, 1.807) is 0 Å². The van der Waals surface area contributed by atoms with Gasteiger partial charge in [0.15, 0.2) is 5.58 Å². The molecule has 1 heterocycles. The van der Waals surface area contributed by atoms with Crippen LogP contribution in [-0.4, -0.2) is 14.1 Å². The molecule has 0 saturated carbocycles. The molecular formula is C18H21NO. The number of hydrogen-bond donors (Lipinski definition) is 0. The van der Waals surface area contributed by atoms with Gasteiger partial charge in [0.25, 0.3) is 0 Å². The number of hydrogen-bond acceptors (Lipinski definition) is 2. The van der Waals surface area contributed by atoms with Crippen LogP contribution in [0.4, 0.5) is 5.69 Å². The van der Waals surface area contributed by atoms with Crippen molar-refractivity contribution in [1.29, 1.82) is 0 Å². The van der Waals surface area contributed by atoms with E-state index in [2.05, 4.69) is 62.1 Å². The van der Waals surface area contributed by atoms with Crippen molar-refractivity contribution in [2.24, 2.45) is 0 Å². The lowest BCUT2D eigenvalue weighted by molar-refractivity contribution is 0.587. The maximum atomic E-state index is 6.14. The lowest BCUT2D eigenvalue weighted by atomic mass is 9.87. The van der Waals surface area contributed by atoms with E-state index in [1.807, 2.05) is 14.1 Å². The normalized spacial score (nSPS) is 12.2. The Kier molecular flexibility index (Phi) is 2.79. The van der Waals surface area contributed by atoms with Gasteiger partial charge in [0.05, 0.1) is 5.69 Å². The Morgan fingerprint density at radius 2 is 1.70 bits per heavy atom. The summed E-state index contributed by atoms with van der Waals surface area (Å²) in [6, 6.07) is 12.9. The molecule has 3 aromatic rings. The highest BCUT2D eigenvalue weighted by atomic mass is 16.3. The van der Waals surface area contributed by atoms with E-state index in [0.717, 1.165) is 16.9 Å². The Balaban J connectivity index is 2.33. The zero-order chi connectivity index (χ0) is 14.5. The van der Waals surface area contributed by atoms with Gasteiger partial charge in [-0.05, 0) is 23.1 Å². The van der Waals surface area contributed by atoms with Crippen LogP contribution in [-0.2, 0) is 5.41 Å². The van der Waals surface area contributed by atoms with Crippen molar-refractivity contribution in [3.63, 3.8) is 0 Å². The van der Waals surface area contributed by atoms with Gasteiger partial charge in [0.2, 0.25) is 0 Å². The molecule has 0 amide bonds. The number of para-hydroxylation sites is 1. The van der Waals surface area contributed by atoms with E-state index in [0.29, 0.717) is 0 Å². The zero-order valence-corrected chi connectivity index (χ0v) is 12.8. The molecule has 0 unspecified atom stereocenters. The van der Waals surface area contributed by atoms with Gasteiger partial charge in [0.1, 0.15) is 5.58 Å². The maximum Gasteiger partial charge on any atom is 0.158 e. The summed E-state index contributed by atoms with van der Waals surface area (Å²) in [6.45, 7) is 6.67. The molecule has 2 heteroatoms. The van der Waals surface area contributed by atoms with Gasteiger partial charge in [-0.25, -0.2) is 0 Å². The fourth-order valence-corrected chi connectivity index (χ4v) is 2.60. The number of nitrogens with zero attached hydrogens (tertiary/aromatic N) is 1. The van der Waals surface area contributed by atoms with Crippen LogP contribution in [0.25, 0.3) is 21.9 Å². The summed E-state index contributed by atoms with van der Waals surface area (Å²) in [5, 5.41) is 2.38. The van der Waals surface area contributed by atoms with E-state index in [-0.39, 0.29) is 5.41 Å². The van der Waals surface area contributed by atoms with Crippen LogP contribution in [0.3, 0.4) is 0 Å². The monoisotopic (exact) mass is 267 g/mol. The molecule has 0 atom stereocenters. The lowest BCUT2D eigenvalue weighted by Crippen LogP contribution is -2.10. The minimum Gasteiger partial charge on any atom is -0.454 e. The molecule has 0 saturated heterocycles. The second-order valence-corrected chi connectivity index (χ2v) is 6.61. The van der Waals surface area contributed by atoms with E-state index in [4.69, 9.17) is 4.42 Å². The first kappa shape index (κ1) is 13.0. The minimum atomic E-state index is 0.136. The van der Waals surface area contributed by atoms with Crippen molar-refractivity contribution in [3.8, 4) is 0 Å². The van der Waals surface area contributed by atoms with Crippen molar-refractivity contribution < 1.29 is 4.42 Å². The molecule has 1 aromatic heterocycles. The van der Waals surface area contributed by atoms with Gasteiger partial charge >= 0.3 is 0 Å². The molecule has 0 fully saturated rings. The van der Waals surface area contributed by atoms with Crippen LogP contribution >= 0.6 is 0 Å². The second kappa shape index (κ2) is 4.27. The number of benzene rings is 2. The molecule has 2 aromatic carbocycles. The van der Waals surface area contributed by atoms with Crippen LogP contribution in [0, 0.1) is 0 Å². The first-order chi connectivity index (χ1) is 9.38. The average molecular weight is 267 g/mol. The van der Waals surface area contributed by atoms with Crippen molar-refractivity contribution in [3.05, 3.63) is 42.0 Å². The highest BCUT2D eigenvalue weighted by Crippen LogP contribution is 2.36. The molecule has 0 aliphatic carbocycles. The number of rotatable bonds is 1. The third kappa shape index (κ3) is 1.96. The van der Waals surface area contributed by atoms with Gasteiger partial charge in [-0.3, -0.25) is 0 Å². The number of anilines is 1. The van der Waals surface area contributed by atoms with Crippen LogP contribution in [0.1, 0.15) is 26.3 Å². The third-order valence-corrected chi connectivity index (χ3v) is 3.83. The summed E-state index contributed by atoms with van der Waals surface area (Å²) >= 11 is 0. The Morgan fingerprint density at radius 3 is 2.35 bits per heavy atom. The first-order valence-corrected chi connectivity index (χ1v) is 7.01. The molecule has 0 bridgehead atoms. The Labute approximate surface area is 120 Å². The summed E-state index contributed by atoms with van der Waals surface area (Å²) in [5.74, 6) is 0. The maximum absolute atomic E-state index is 6.14. The van der Waals surface area contributed by atoms with E-state index < -0.39 is 0 Å². The quantitative estimate of drug-likeness (QED) is 0.620. The summed E-state index contributed by atoms with van der Waals surface area (Å²) in [7, 11) is 4.09. The Hall–Kier alpha value is -1.96. The van der Waals surface area contributed by atoms with E-state index >= 15 is 0 Å². The molecule has 2 nitrogen and oxygen atoms in total. The van der Waals surface area contributed by atoms with Crippen molar-refractivity contribution in [2.75, 3.05) is 19.0 Å². The summed E-state index contributed by atoms with van der Waals surface area (Å²) in [6.07, 6.45) is 0. The summed E-state index contributed by atoms with van der Waals surface area (Å²) < 4.78 is 6.14. The zero-order valence-electron chi connectivity index (χ0n) is 12.8. The van der Waals surface area contributed by atoms with Crippen LogP contribution in [0.2, 0.25) is 0 Å². The number of fused-ring (bicyclic) bond motifs is 3. The predicted octanol–water partition coefficient (Wildman–Crippen LogP) is 4.95. The Bertz CT molecular complexity index is 775. The first-order valence-electron chi connectivity index (χ1n) is 7.01. The van der Waals surface area contributed by atoms with Gasteiger partial charge < -0.3 is 9.32 Å². The van der Waals surface area contributed by atoms with Crippen LogP contribution in [0.15, 0.2) is 40.8 Å². The van der Waals surface area contributed by atoms with Crippen molar-refractivity contribution in [2.45, 2.75) is 26.2 Å². The highest BCUT2D eigenvalue weighted by molar-refractivity contribution is 6.09. The number of furan rings is 1. The Morgan fingerprint density at radius 1 is 0.950 bits per heavy atom. The standard InChI is InChI=1S/C18H21NO/c1-18(2,3)12-9-10-13-14-7-6-8-15(19(4)5)17(14)20-16(13)11-12/h6-11H,1-5H3. The SMILES string of the molecule is CN(C)c1cccc2c1oc1cc(C(C)(C)C)ccc12.